The molecule has 0 fully saturated rings. The van der Waals surface area contributed by atoms with E-state index in [4.69, 9.17) is 16.3 Å². The summed E-state index contributed by atoms with van der Waals surface area (Å²) in [5.74, 6) is -0.265. The molecule has 0 aromatic heterocycles. The number of rotatable bonds is 6. The van der Waals surface area contributed by atoms with Crippen molar-refractivity contribution >= 4 is 23.3 Å². The first-order valence-electron chi connectivity index (χ1n) is 5.63. The molecule has 0 heterocycles. The second-order valence-corrected chi connectivity index (χ2v) is 4.04. The maximum atomic E-state index is 11.1. The quantitative estimate of drug-likeness (QED) is 0.453. The minimum Gasteiger partial charge on any atom is -0.466 e. The molecule has 1 aromatic rings. The Kier molecular flexibility index (Phi) is 5.58. The number of carbonyl (C=O) groups excluding carboxylic acids is 1. The molecule has 18 heavy (non-hydrogen) atoms. The third-order valence-corrected chi connectivity index (χ3v) is 2.82. The van der Waals surface area contributed by atoms with Gasteiger partial charge in [0, 0.05) is 12.5 Å². The highest BCUT2D eigenvalue weighted by atomic mass is 35.5. The van der Waals surface area contributed by atoms with Crippen LogP contribution in [0.3, 0.4) is 0 Å². The molecule has 0 radical (unpaired) electrons. The van der Waals surface area contributed by atoms with Gasteiger partial charge >= 0.3 is 5.97 Å². The third kappa shape index (κ3) is 4.00. The van der Waals surface area contributed by atoms with Gasteiger partial charge in [0.25, 0.3) is 5.69 Å². The zero-order valence-electron chi connectivity index (χ0n) is 10.0. The van der Waals surface area contributed by atoms with Gasteiger partial charge in [0.15, 0.2) is 0 Å². The molecule has 0 N–H and O–H groups in total. The lowest BCUT2D eigenvalue weighted by atomic mass is 10.1. The standard InChI is InChI=1S/C12H14ClNO4/c1-2-18-11(15)8-4-6-9-5-3-7-10(12(9)13)14(16)17/h3,5,7H,2,4,6,8H2,1H3. The van der Waals surface area contributed by atoms with Gasteiger partial charge in [-0.05, 0) is 25.3 Å². The largest absolute Gasteiger partial charge is 0.466 e. The van der Waals surface area contributed by atoms with Crippen molar-refractivity contribution in [2.24, 2.45) is 0 Å². The molecule has 98 valence electrons. The Bertz CT molecular complexity index is 448. The molecular weight excluding hydrogens is 258 g/mol. The fourth-order valence-corrected chi connectivity index (χ4v) is 1.85. The lowest BCUT2D eigenvalue weighted by Gasteiger charge is -2.04. The molecule has 0 amide bonds. The number of halogens is 1. The van der Waals surface area contributed by atoms with Crippen LogP contribution in [0.25, 0.3) is 0 Å². The third-order valence-electron chi connectivity index (χ3n) is 2.39. The van der Waals surface area contributed by atoms with E-state index < -0.39 is 4.92 Å². The van der Waals surface area contributed by atoms with Crippen LogP contribution in [0.2, 0.25) is 5.02 Å². The predicted molar refractivity (Wildman–Crippen MR) is 67.7 cm³/mol. The molecule has 1 rings (SSSR count). The van der Waals surface area contributed by atoms with Gasteiger partial charge in [-0.15, -0.1) is 0 Å². The Morgan fingerprint density at radius 3 is 2.83 bits per heavy atom. The summed E-state index contributed by atoms with van der Waals surface area (Å²) < 4.78 is 4.79. The van der Waals surface area contributed by atoms with Crippen LogP contribution in [0.1, 0.15) is 25.3 Å². The van der Waals surface area contributed by atoms with E-state index in [1.165, 1.54) is 6.07 Å². The predicted octanol–water partition coefficient (Wildman–Crippen LogP) is 3.13. The summed E-state index contributed by atoms with van der Waals surface area (Å²) in [5, 5.41) is 10.8. The highest BCUT2D eigenvalue weighted by molar-refractivity contribution is 6.33. The topological polar surface area (TPSA) is 69.4 Å². The van der Waals surface area contributed by atoms with Crippen molar-refractivity contribution in [1.29, 1.82) is 0 Å². The molecular formula is C12H14ClNO4. The van der Waals surface area contributed by atoms with Crippen molar-refractivity contribution in [3.05, 3.63) is 38.9 Å². The number of nitrogens with zero attached hydrogens (tertiary/aromatic N) is 1. The first-order valence-corrected chi connectivity index (χ1v) is 6.01. The van der Waals surface area contributed by atoms with Crippen LogP contribution in [0.5, 0.6) is 0 Å². The summed E-state index contributed by atoms with van der Waals surface area (Å²) in [5.41, 5.74) is 0.570. The lowest BCUT2D eigenvalue weighted by Crippen LogP contribution is -2.04. The van der Waals surface area contributed by atoms with Gasteiger partial charge in [-0.3, -0.25) is 14.9 Å². The van der Waals surface area contributed by atoms with Gasteiger partial charge in [0.1, 0.15) is 5.02 Å². The van der Waals surface area contributed by atoms with Crippen molar-refractivity contribution in [1.82, 2.24) is 0 Å². The first-order chi connectivity index (χ1) is 8.56. The Balaban J connectivity index is 2.60. The van der Waals surface area contributed by atoms with Crippen LogP contribution in [-0.2, 0) is 16.0 Å². The molecule has 0 aliphatic heterocycles. The molecule has 0 aliphatic carbocycles. The van der Waals surface area contributed by atoms with Crippen molar-refractivity contribution in [2.75, 3.05) is 6.61 Å². The highest BCUT2D eigenvalue weighted by Gasteiger charge is 2.15. The van der Waals surface area contributed by atoms with Gasteiger partial charge in [0.2, 0.25) is 0 Å². The molecule has 0 saturated heterocycles. The molecule has 5 nitrogen and oxygen atoms in total. The summed E-state index contributed by atoms with van der Waals surface area (Å²) in [4.78, 5) is 21.3. The second-order valence-electron chi connectivity index (χ2n) is 3.67. The van der Waals surface area contributed by atoms with E-state index >= 15 is 0 Å². The highest BCUT2D eigenvalue weighted by Crippen LogP contribution is 2.28. The van der Waals surface area contributed by atoms with E-state index in [2.05, 4.69) is 0 Å². The van der Waals surface area contributed by atoms with Crippen molar-refractivity contribution in [3.8, 4) is 0 Å². The Hall–Kier alpha value is -1.62. The molecule has 6 heteroatoms. The summed E-state index contributed by atoms with van der Waals surface area (Å²) >= 11 is 5.92. The lowest BCUT2D eigenvalue weighted by molar-refractivity contribution is -0.384. The second kappa shape index (κ2) is 6.96. The number of hydrogen-bond acceptors (Lipinski definition) is 4. The fraction of sp³-hybridized carbons (Fsp3) is 0.417. The summed E-state index contributed by atoms with van der Waals surface area (Å²) in [6, 6.07) is 4.67. The molecule has 1 aromatic carbocycles. The van der Waals surface area contributed by atoms with E-state index in [1.807, 2.05) is 0 Å². The van der Waals surface area contributed by atoms with E-state index in [0.29, 0.717) is 25.0 Å². The number of aryl methyl sites for hydroxylation is 1. The Morgan fingerprint density at radius 2 is 2.22 bits per heavy atom. The van der Waals surface area contributed by atoms with E-state index in [1.54, 1.807) is 19.1 Å². The van der Waals surface area contributed by atoms with Crippen LogP contribution in [0, 0.1) is 10.1 Å². The van der Waals surface area contributed by atoms with Crippen molar-refractivity contribution in [3.63, 3.8) is 0 Å². The Morgan fingerprint density at radius 1 is 1.50 bits per heavy atom. The van der Waals surface area contributed by atoms with Gasteiger partial charge in [-0.2, -0.15) is 0 Å². The number of benzene rings is 1. The number of hydrogen-bond donors (Lipinski definition) is 0. The number of ether oxygens (including phenoxy) is 1. The van der Waals surface area contributed by atoms with Crippen LogP contribution in [-0.4, -0.2) is 17.5 Å². The molecule has 0 unspecified atom stereocenters. The average Bonchev–Trinajstić information content (AvgIpc) is 2.31. The summed E-state index contributed by atoms with van der Waals surface area (Å²) in [6.45, 7) is 2.10. The molecule has 0 bridgehead atoms. The zero-order chi connectivity index (χ0) is 13.5. The minimum absolute atomic E-state index is 0.106. The van der Waals surface area contributed by atoms with Crippen molar-refractivity contribution in [2.45, 2.75) is 26.2 Å². The number of nitro benzene ring substituents is 1. The van der Waals surface area contributed by atoms with Gasteiger partial charge in [0.05, 0.1) is 11.5 Å². The first kappa shape index (κ1) is 14.4. The number of carbonyl (C=O) groups is 1. The SMILES string of the molecule is CCOC(=O)CCCc1cccc([N+](=O)[O-])c1Cl. The molecule has 0 spiro atoms. The zero-order valence-corrected chi connectivity index (χ0v) is 10.8. The number of esters is 1. The molecule has 0 atom stereocenters. The van der Waals surface area contributed by atoms with Gasteiger partial charge in [-0.25, -0.2) is 0 Å². The summed E-state index contributed by atoms with van der Waals surface area (Å²) in [7, 11) is 0. The monoisotopic (exact) mass is 271 g/mol. The minimum atomic E-state index is -0.517. The smallest absolute Gasteiger partial charge is 0.305 e. The van der Waals surface area contributed by atoms with E-state index in [0.717, 1.165) is 0 Å². The van der Waals surface area contributed by atoms with Gasteiger partial charge in [-0.1, -0.05) is 23.7 Å². The van der Waals surface area contributed by atoms with Crippen LogP contribution in [0.15, 0.2) is 18.2 Å². The maximum absolute atomic E-state index is 11.1. The average molecular weight is 272 g/mol. The van der Waals surface area contributed by atoms with Crippen LogP contribution >= 0.6 is 11.6 Å². The van der Waals surface area contributed by atoms with Gasteiger partial charge < -0.3 is 4.74 Å². The van der Waals surface area contributed by atoms with E-state index in [9.17, 15) is 14.9 Å². The van der Waals surface area contributed by atoms with Crippen molar-refractivity contribution < 1.29 is 14.5 Å². The van der Waals surface area contributed by atoms with Crippen LogP contribution in [0.4, 0.5) is 5.69 Å². The normalized spacial score (nSPS) is 10.1. The molecule has 0 saturated carbocycles. The Labute approximate surface area is 110 Å². The van der Waals surface area contributed by atoms with E-state index in [-0.39, 0.29) is 23.1 Å². The summed E-state index contributed by atoms with van der Waals surface area (Å²) in [6.07, 6.45) is 1.35. The molecule has 0 aliphatic rings. The number of nitro groups is 1. The maximum Gasteiger partial charge on any atom is 0.305 e. The van der Waals surface area contributed by atoms with Crippen LogP contribution < -0.4 is 0 Å². The fourth-order valence-electron chi connectivity index (χ4n) is 1.56.